The first-order chi connectivity index (χ1) is 8.88. The molecule has 0 aliphatic heterocycles. The maximum absolute atomic E-state index is 5.57. The Labute approximate surface area is 108 Å². The molecular weight excluding hydrogens is 246 g/mol. The predicted octanol–water partition coefficient (Wildman–Crippen LogP) is 3.15. The van der Waals surface area contributed by atoms with Crippen LogP contribution in [0.15, 0.2) is 35.8 Å². The molecule has 0 fully saturated rings. The number of hydrogen-bond donors (Lipinski definition) is 0. The molecule has 3 aromatic heterocycles. The Morgan fingerprint density at radius 3 is 2.94 bits per heavy atom. The van der Waals surface area contributed by atoms with Crippen LogP contribution in [0.5, 0.6) is 5.88 Å². The molecule has 0 N–H and O–H groups in total. The van der Waals surface area contributed by atoms with Gasteiger partial charge in [0, 0.05) is 6.20 Å². The van der Waals surface area contributed by atoms with Crippen LogP contribution in [-0.2, 0) is 0 Å². The van der Waals surface area contributed by atoms with Crippen LogP contribution in [0.3, 0.4) is 0 Å². The minimum absolute atomic E-state index is 0.587. The van der Waals surface area contributed by atoms with Crippen molar-refractivity contribution in [3.8, 4) is 17.4 Å². The van der Waals surface area contributed by atoms with Gasteiger partial charge in [-0.25, -0.2) is 4.98 Å². The molecule has 0 aromatic carbocycles. The Morgan fingerprint density at radius 1 is 1.22 bits per heavy atom. The van der Waals surface area contributed by atoms with Crippen LogP contribution in [-0.4, -0.2) is 21.6 Å². The molecule has 0 spiro atoms. The van der Waals surface area contributed by atoms with E-state index in [9.17, 15) is 0 Å². The maximum Gasteiger partial charge on any atom is 0.225 e. The summed E-state index contributed by atoms with van der Waals surface area (Å²) in [6.07, 6.45) is 1.73. The molecule has 0 atom stereocenters. The largest absolute Gasteiger partial charge is 0.477 e. The van der Waals surface area contributed by atoms with E-state index in [4.69, 9.17) is 4.74 Å². The molecule has 0 saturated heterocycles. The Balaban J connectivity index is 2.19. The molecule has 4 nitrogen and oxygen atoms in total. The molecule has 0 aliphatic carbocycles. The van der Waals surface area contributed by atoms with Crippen molar-refractivity contribution in [1.29, 1.82) is 0 Å². The van der Waals surface area contributed by atoms with E-state index in [1.807, 2.05) is 36.6 Å². The van der Waals surface area contributed by atoms with Crippen LogP contribution in [0.2, 0.25) is 0 Å². The third kappa shape index (κ3) is 1.93. The Morgan fingerprint density at radius 2 is 2.17 bits per heavy atom. The first-order valence-corrected chi connectivity index (χ1v) is 6.56. The molecule has 0 amide bonds. The highest BCUT2D eigenvalue weighted by atomic mass is 32.1. The van der Waals surface area contributed by atoms with Crippen molar-refractivity contribution < 1.29 is 4.74 Å². The lowest BCUT2D eigenvalue weighted by Gasteiger charge is -2.05. The van der Waals surface area contributed by atoms with E-state index in [2.05, 4.69) is 15.0 Å². The summed E-state index contributed by atoms with van der Waals surface area (Å²) >= 11 is 1.58. The molecule has 90 valence electrons. The summed E-state index contributed by atoms with van der Waals surface area (Å²) in [5.74, 6) is 1.23. The zero-order chi connectivity index (χ0) is 12.4. The molecule has 0 unspecified atom stereocenters. The van der Waals surface area contributed by atoms with Gasteiger partial charge in [0.05, 0.1) is 12.0 Å². The van der Waals surface area contributed by atoms with Gasteiger partial charge < -0.3 is 4.74 Å². The number of rotatable bonds is 3. The quantitative estimate of drug-likeness (QED) is 0.723. The van der Waals surface area contributed by atoms with Crippen molar-refractivity contribution in [2.24, 2.45) is 0 Å². The van der Waals surface area contributed by atoms with Gasteiger partial charge in [-0.15, -0.1) is 11.3 Å². The van der Waals surface area contributed by atoms with E-state index in [0.717, 1.165) is 15.9 Å². The molecule has 18 heavy (non-hydrogen) atoms. The minimum atomic E-state index is 0.587. The van der Waals surface area contributed by atoms with Gasteiger partial charge in [-0.3, -0.25) is 4.98 Å². The summed E-state index contributed by atoms with van der Waals surface area (Å²) in [6, 6.07) is 7.67. The van der Waals surface area contributed by atoms with Crippen molar-refractivity contribution in [1.82, 2.24) is 15.0 Å². The summed E-state index contributed by atoms with van der Waals surface area (Å²) in [7, 11) is 0. The molecule has 3 aromatic rings. The number of aromatic nitrogens is 3. The molecule has 3 heterocycles. The average Bonchev–Trinajstić information content (AvgIpc) is 2.88. The summed E-state index contributed by atoms with van der Waals surface area (Å²) in [4.78, 5) is 14.1. The second-order valence-corrected chi connectivity index (χ2v) is 4.53. The fourth-order valence-corrected chi connectivity index (χ4v) is 2.44. The fourth-order valence-electron chi connectivity index (χ4n) is 1.68. The van der Waals surface area contributed by atoms with Crippen LogP contribution in [0.25, 0.3) is 21.7 Å². The Kier molecular flexibility index (Phi) is 2.90. The van der Waals surface area contributed by atoms with Gasteiger partial charge in [0.15, 0.2) is 5.82 Å². The zero-order valence-corrected chi connectivity index (χ0v) is 10.6. The molecule has 0 aliphatic rings. The fraction of sp³-hybridized carbons (Fsp3) is 0.154. The van der Waals surface area contributed by atoms with Crippen molar-refractivity contribution in [3.63, 3.8) is 0 Å². The number of pyridine rings is 1. The lowest BCUT2D eigenvalue weighted by atomic mass is 10.3. The lowest BCUT2D eigenvalue weighted by molar-refractivity contribution is 0.331. The molecular formula is C13H11N3OS. The molecule has 0 radical (unpaired) electrons. The first-order valence-electron chi connectivity index (χ1n) is 5.68. The van der Waals surface area contributed by atoms with Gasteiger partial charge in [-0.2, -0.15) is 4.98 Å². The first kappa shape index (κ1) is 11.1. The molecule has 5 heteroatoms. The van der Waals surface area contributed by atoms with Crippen molar-refractivity contribution in [2.75, 3.05) is 6.61 Å². The third-order valence-corrected chi connectivity index (χ3v) is 3.27. The molecule has 0 bridgehead atoms. The summed E-state index contributed by atoms with van der Waals surface area (Å²) in [5, 5.41) is 2.95. The number of thiophene rings is 1. The van der Waals surface area contributed by atoms with Gasteiger partial charge in [0.2, 0.25) is 5.88 Å². The standard InChI is InChI=1S/C13H11N3OS/c1-2-17-12-9-6-8-18-13(9)16-11(15-12)10-5-3-4-7-14-10/h3-8H,2H2,1H3. The van der Waals surface area contributed by atoms with Crippen molar-refractivity contribution in [3.05, 3.63) is 35.8 Å². The summed E-state index contributed by atoms with van der Waals surface area (Å²) in [5.41, 5.74) is 0.758. The highest BCUT2D eigenvalue weighted by molar-refractivity contribution is 7.16. The predicted molar refractivity (Wildman–Crippen MR) is 71.8 cm³/mol. The minimum Gasteiger partial charge on any atom is -0.477 e. The second kappa shape index (κ2) is 4.70. The highest BCUT2D eigenvalue weighted by Crippen LogP contribution is 2.29. The molecule has 3 rings (SSSR count). The van der Waals surface area contributed by atoms with Gasteiger partial charge >= 0.3 is 0 Å². The summed E-state index contributed by atoms with van der Waals surface area (Å²) in [6.45, 7) is 2.53. The number of ether oxygens (including phenoxy) is 1. The topological polar surface area (TPSA) is 47.9 Å². The lowest BCUT2D eigenvalue weighted by Crippen LogP contribution is -1.98. The van der Waals surface area contributed by atoms with E-state index in [-0.39, 0.29) is 0 Å². The van der Waals surface area contributed by atoms with Crippen molar-refractivity contribution in [2.45, 2.75) is 6.92 Å². The SMILES string of the molecule is CCOc1nc(-c2ccccn2)nc2sccc12. The molecule has 0 saturated carbocycles. The van der Waals surface area contributed by atoms with E-state index in [0.29, 0.717) is 18.3 Å². The van der Waals surface area contributed by atoms with E-state index in [1.54, 1.807) is 17.5 Å². The number of hydrogen-bond acceptors (Lipinski definition) is 5. The Hall–Kier alpha value is -2.01. The van der Waals surface area contributed by atoms with Gasteiger partial charge in [0.1, 0.15) is 10.5 Å². The Bertz CT molecular complexity index is 666. The van der Waals surface area contributed by atoms with Crippen LogP contribution in [0.1, 0.15) is 6.92 Å². The van der Waals surface area contributed by atoms with Crippen molar-refractivity contribution >= 4 is 21.6 Å². The van der Waals surface area contributed by atoms with Crippen LogP contribution < -0.4 is 4.74 Å². The maximum atomic E-state index is 5.57. The second-order valence-electron chi connectivity index (χ2n) is 3.64. The van der Waals surface area contributed by atoms with E-state index in [1.165, 1.54) is 0 Å². The van der Waals surface area contributed by atoms with E-state index >= 15 is 0 Å². The normalized spacial score (nSPS) is 10.7. The number of fused-ring (bicyclic) bond motifs is 1. The monoisotopic (exact) mass is 257 g/mol. The van der Waals surface area contributed by atoms with Gasteiger partial charge in [-0.05, 0) is 30.5 Å². The van der Waals surface area contributed by atoms with Gasteiger partial charge in [0.25, 0.3) is 0 Å². The van der Waals surface area contributed by atoms with E-state index < -0.39 is 0 Å². The summed E-state index contributed by atoms with van der Waals surface area (Å²) < 4.78 is 5.57. The average molecular weight is 257 g/mol. The zero-order valence-electron chi connectivity index (χ0n) is 9.83. The van der Waals surface area contributed by atoms with Crippen LogP contribution in [0.4, 0.5) is 0 Å². The van der Waals surface area contributed by atoms with Gasteiger partial charge in [-0.1, -0.05) is 6.07 Å². The number of nitrogens with zero attached hydrogens (tertiary/aromatic N) is 3. The van der Waals surface area contributed by atoms with Crippen LogP contribution >= 0.6 is 11.3 Å². The van der Waals surface area contributed by atoms with Crippen LogP contribution in [0, 0.1) is 0 Å². The smallest absolute Gasteiger partial charge is 0.225 e. The third-order valence-electron chi connectivity index (χ3n) is 2.47. The highest BCUT2D eigenvalue weighted by Gasteiger charge is 2.11.